The molecule has 2 rings (SSSR count). The van der Waals surface area contributed by atoms with E-state index in [0.717, 1.165) is 0 Å². The highest BCUT2D eigenvalue weighted by molar-refractivity contribution is 5.95. The average molecular weight is 263 g/mol. The smallest absolute Gasteiger partial charge is 0.336 e. The quantitative estimate of drug-likeness (QED) is 0.875. The maximum Gasteiger partial charge on any atom is 0.336 e. The van der Waals surface area contributed by atoms with E-state index in [0.29, 0.717) is 37.3 Å². The Morgan fingerprint density at radius 1 is 1.32 bits per heavy atom. The first-order valence-corrected chi connectivity index (χ1v) is 6.30. The van der Waals surface area contributed by atoms with E-state index in [1.54, 1.807) is 19.1 Å². The molecule has 0 unspecified atom stereocenters. The van der Waals surface area contributed by atoms with Crippen LogP contribution in [0.5, 0.6) is 0 Å². The van der Waals surface area contributed by atoms with Crippen LogP contribution in [-0.4, -0.2) is 30.2 Å². The minimum absolute atomic E-state index is 0.0525. The van der Waals surface area contributed by atoms with E-state index in [1.165, 1.54) is 6.07 Å². The molecule has 1 fully saturated rings. The number of hydrogen-bond acceptors (Lipinski definition) is 3. The summed E-state index contributed by atoms with van der Waals surface area (Å²) in [5.74, 6) is -1.11. The summed E-state index contributed by atoms with van der Waals surface area (Å²) in [5, 5.41) is 11.8. The van der Waals surface area contributed by atoms with Gasteiger partial charge >= 0.3 is 5.97 Å². The third kappa shape index (κ3) is 3.32. The van der Waals surface area contributed by atoms with Crippen LogP contribution in [0.2, 0.25) is 0 Å². The molecule has 5 nitrogen and oxygen atoms in total. The molecule has 1 saturated heterocycles. The molecule has 0 atom stereocenters. The van der Waals surface area contributed by atoms with Gasteiger partial charge in [0.1, 0.15) is 0 Å². The summed E-state index contributed by atoms with van der Waals surface area (Å²) in [7, 11) is 0. The average Bonchev–Trinajstić information content (AvgIpc) is 2.41. The number of nitrogens with one attached hydrogen (secondary N) is 1. The molecule has 5 heteroatoms. The van der Waals surface area contributed by atoms with Crippen molar-refractivity contribution in [2.75, 3.05) is 18.5 Å². The molecular weight excluding hydrogens is 246 g/mol. The molecule has 1 amide bonds. The molecule has 0 bridgehead atoms. The number of rotatable bonds is 3. The van der Waals surface area contributed by atoms with E-state index in [9.17, 15) is 9.59 Å². The molecule has 0 saturated carbocycles. The number of carbonyl (C=O) groups excluding carboxylic acids is 1. The zero-order chi connectivity index (χ0) is 13.8. The predicted octanol–water partition coefficient (Wildman–Crippen LogP) is 2.06. The summed E-state index contributed by atoms with van der Waals surface area (Å²) in [5.41, 5.74) is 1.42. The van der Waals surface area contributed by atoms with Gasteiger partial charge in [-0.3, -0.25) is 4.79 Å². The number of carboxylic acid groups (broad SMARTS) is 1. The Labute approximate surface area is 111 Å². The Bertz CT molecular complexity index is 492. The molecule has 19 heavy (non-hydrogen) atoms. The standard InChI is InChI=1S/C14H17NO4/c1-9-2-3-11(8-12(9)14(17)18)15-13(16)10-4-6-19-7-5-10/h2-3,8,10H,4-7H2,1H3,(H,15,16)(H,17,18). The zero-order valence-electron chi connectivity index (χ0n) is 10.8. The van der Waals surface area contributed by atoms with E-state index in [1.807, 2.05) is 0 Å². The number of carbonyl (C=O) groups is 2. The number of hydrogen-bond donors (Lipinski definition) is 2. The fraction of sp³-hybridized carbons (Fsp3) is 0.429. The maximum absolute atomic E-state index is 12.0. The summed E-state index contributed by atoms with van der Waals surface area (Å²) >= 11 is 0. The first kappa shape index (κ1) is 13.5. The highest BCUT2D eigenvalue weighted by Crippen LogP contribution is 2.19. The van der Waals surface area contributed by atoms with Crippen molar-refractivity contribution in [2.24, 2.45) is 5.92 Å². The van der Waals surface area contributed by atoms with Gasteiger partial charge in [-0.05, 0) is 37.5 Å². The lowest BCUT2D eigenvalue weighted by molar-refractivity contribution is -0.122. The summed E-state index contributed by atoms with van der Waals surface area (Å²) in [6, 6.07) is 4.91. The van der Waals surface area contributed by atoms with Crippen LogP contribution in [0.1, 0.15) is 28.8 Å². The van der Waals surface area contributed by atoms with Gasteiger partial charge in [0, 0.05) is 24.8 Å². The predicted molar refractivity (Wildman–Crippen MR) is 70.3 cm³/mol. The van der Waals surface area contributed by atoms with Crippen molar-refractivity contribution in [3.63, 3.8) is 0 Å². The van der Waals surface area contributed by atoms with Crippen LogP contribution in [0.3, 0.4) is 0 Å². The molecular formula is C14H17NO4. The third-order valence-electron chi connectivity index (χ3n) is 3.33. The second-order valence-corrected chi connectivity index (χ2v) is 4.71. The SMILES string of the molecule is Cc1ccc(NC(=O)C2CCOCC2)cc1C(=O)O. The Hall–Kier alpha value is -1.88. The second-order valence-electron chi connectivity index (χ2n) is 4.71. The fourth-order valence-electron chi connectivity index (χ4n) is 2.13. The highest BCUT2D eigenvalue weighted by atomic mass is 16.5. The molecule has 0 radical (unpaired) electrons. The summed E-state index contributed by atoms with van der Waals surface area (Å²) in [6.07, 6.45) is 1.42. The second kappa shape index (κ2) is 5.84. The maximum atomic E-state index is 12.0. The summed E-state index contributed by atoms with van der Waals surface area (Å²) < 4.78 is 5.21. The topological polar surface area (TPSA) is 75.6 Å². The molecule has 1 aromatic rings. The largest absolute Gasteiger partial charge is 0.478 e. The van der Waals surface area contributed by atoms with Crippen molar-refractivity contribution in [1.82, 2.24) is 0 Å². The van der Waals surface area contributed by atoms with Gasteiger partial charge in [0.25, 0.3) is 0 Å². The van der Waals surface area contributed by atoms with Crippen molar-refractivity contribution >= 4 is 17.6 Å². The molecule has 0 aromatic heterocycles. The lowest BCUT2D eigenvalue weighted by atomic mass is 9.99. The van der Waals surface area contributed by atoms with Crippen LogP contribution < -0.4 is 5.32 Å². The van der Waals surface area contributed by atoms with E-state index in [2.05, 4.69) is 5.32 Å². The minimum Gasteiger partial charge on any atom is -0.478 e. The van der Waals surface area contributed by atoms with Crippen molar-refractivity contribution in [2.45, 2.75) is 19.8 Å². The Balaban J connectivity index is 2.08. The number of carboxylic acids is 1. The Morgan fingerprint density at radius 3 is 2.63 bits per heavy atom. The van der Waals surface area contributed by atoms with Crippen molar-refractivity contribution in [1.29, 1.82) is 0 Å². The van der Waals surface area contributed by atoms with Crippen LogP contribution in [0, 0.1) is 12.8 Å². The van der Waals surface area contributed by atoms with Crippen LogP contribution in [0.25, 0.3) is 0 Å². The summed E-state index contributed by atoms with van der Waals surface area (Å²) in [4.78, 5) is 23.1. The van der Waals surface area contributed by atoms with Crippen molar-refractivity contribution in [3.05, 3.63) is 29.3 Å². The molecule has 2 N–H and O–H groups in total. The van der Waals surface area contributed by atoms with E-state index in [4.69, 9.17) is 9.84 Å². The first-order chi connectivity index (χ1) is 9.08. The van der Waals surface area contributed by atoms with Gasteiger partial charge < -0.3 is 15.2 Å². The van der Waals surface area contributed by atoms with Crippen LogP contribution in [0.15, 0.2) is 18.2 Å². The van der Waals surface area contributed by atoms with Gasteiger partial charge in [-0.2, -0.15) is 0 Å². The van der Waals surface area contributed by atoms with Crippen molar-refractivity contribution < 1.29 is 19.4 Å². The lowest BCUT2D eigenvalue weighted by Crippen LogP contribution is -2.28. The highest BCUT2D eigenvalue weighted by Gasteiger charge is 2.21. The number of benzene rings is 1. The molecule has 1 aliphatic heterocycles. The minimum atomic E-state index is -0.986. The number of anilines is 1. The Morgan fingerprint density at radius 2 is 2.00 bits per heavy atom. The number of ether oxygens (including phenoxy) is 1. The van der Waals surface area contributed by atoms with Crippen LogP contribution >= 0.6 is 0 Å². The van der Waals surface area contributed by atoms with Gasteiger partial charge in [0.2, 0.25) is 5.91 Å². The molecule has 1 aliphatic rings. The molecule has 0 spiro atoms. The number of aromatic carboxylic acids is 1. The number of amides is 1. The van der Waals surface area contributed by atoms with Crippen LogP contribution in [-0.2, 0) is 9.53 Å². The molecule has 0 aliphatic carbocycles. The summed E-state index contributed by atoms with van der Waals surface area (Å²) in [6.45, 7) is 2.94. The third-order valence-corrected chi connectivity index (χ3v) is 3.33. The van der Waals surface area contributed by atoms with Gasteiger partial charge in [-0.25, -0.2) is 4.79 Å². The monoisotopic (exact) mass is 263 g/mol. The van der Waals surface area contributed by atoms with E-state index < -0.39 is 5.97 Å². The Kier molecular flexibility index (Phi) is 4.16. The molecule has 102 valence electrons. The van der Waals surface area contributed by atoms with E-state index in [-0.39, 0.29) is 17.4 Å². The number of aryl methyl sites for hydroxylation is 1. The zero-order valence-corrected chi connectivity index (χ0v) is 10.8. The van der Waals surface area contributed by atoms with Gasteiger partial charge in [-0.15, -0.1) is 0 Å². The lowest BCUT2D eigenvalue weighted by Gasteiger charge is -2.21. The fourth-order valence-corrected chi connectivity index (χ4v) is 2.13. The van der Waals surface area contributed by atoms with Gasteiger partial charge in [0.05, 0.1) is 5.56 Å². The van der Waals surface area contributed by atoms with Crippen molar-refractivity contribution in [3.8, 4) is 0 Å². The first-order valence-electron chi connectivity index (χ1n) is 6.30. The van der Waals surface area contributed by atoms with Gasteiger partial charge in [-0.1, -0.05) is 6.07 Å². The normalized spacial score (nSPS) is 16.1. The molecule has 1 aromatic carbocycles. The van der Waals surface area contributed by atoms with Crippen LogP contribution in [0.4, 0.5) is 5.69 Å². The van der Waals surface area contributed by atoms with E-state index >= 15 is 0 Å². The molecule has 1 heterocycles. The van der Waals surface area contributed by atoms with Gasteiger partial charge in [0.15, 0.2) is 0 Å².